The van der Waals surface area contributed by atoms with Gasteiger partial charge >= 0.3 is 6.09 Å². The molecule has 0 saturated heterocycles. The molecule has 0 radical (unpaired) electrons. The van der Waals surface area contributed by atoms with Gasteiger partial charge in [-0.1, -0.05) is 5.21 Å². The lowest BCUT2D eigenvalue weighted by atomic mass is 10.2. The zero-order valence-corrected chi connectivity index (χ0v) is 11.9. The molecule has 2 N–H and O–H groups in total. The lowest BCUT2D eigenvalue weighted by Crippen LogP contribution is -2.35. The van der Waals surface area contributed by atoms with E-state index in [0.717, 1.165) is 12.2 Å². The van der Waals surface area contributed by atoms with Crippen molar-refractivity contribution in [2.75, 3.05) is 12.0 Å². The molecule has 0 bridgehead atoms. The second-order valence-electron chi connectivity index (χ2n) is 4.75. The van der Waals surface area contributed by atoms with E-state index in [1.807, 2.05) is 27.0 Å². The van der Waals surface area contributed by atoms with Crippen molar-refractivity contribution in [2.45, 2.75) is 38.8 Å². The summed E-state index contributed by atoms with van der Waals surface area (Å²) in [5, 5.41) is 16.4. The molecule has 0 fully saturated rings. The van der Waals surface area contributed by atoms with Crippen LogP contribution in [0.15, 0.2) is 0 Å². The number of H-pyrrole nitrogens is 1. The molecular weight excluding hydrogens is 254 g/mol. The summed E-state index contributed by atoms with van der Waals surface area (Å²) in [5.74, 6) is 1.35. The minimum absolute atomic E-state index is 0.286. The molecule has 1 amide bonds. The number of carbonyl (C=O) groups is 1. The van der Waals surface area contributed by atoms with Crippen molar-refractivity contribution in [3.8, 4) is 0 Å². The van der Waals surface area contributed by atoms with Crippen LogP contribution in [0.5, 0.6) is 0 Å². The summed E-state index contributed by atoms with van der Waals surface area (Å²) < 4.78 is 5.20. The van der Waals surface area contributed by atoms with Crippen molar-refractivity contribution in [3.05, 3.63) is 5.82 Å². The van der Waals surface area contributed by atoms with Crippen LogP contribution in [0.25, 0.3) is 0 Å². The second kappa shape index (κ2) is 6.58. The van der Waals surface area contributed by atoms with Crippen LogP contribution in [0.4, 0.5) is 4.79 Å². The average Bonchev–Trinajstić information content (AvgIpc) is 2.74. The highest BCUT2D eigenvalue weighted by molar-refractivity contribution is 7.98. The molecule has 1 heterocycles. The Morgan fingerprint density at radius 3 is 2.78 bits per heavy atom. The molecule has 7 nitrogen and oxygen atoms in total. The van der Waals surface area contributed by atoms with Crippen molar-refractivity contribution >= 4 is 17.9 Å². The van der Waals surface area contributed by atoms with E-state index in [4.69, 9.17) is 4.74 Å². The summed E-state index contributed by atoms with van der Waals surface area (Å²) in [6.45, 7) is 5.45. The molecule has 18 heavy (non-hydrogen) atoms. The molecule has 0 aromatic carbocycles. The van der Waals surface area contributed by atoms with Crippen molar-refractivity contribution < 1.29 is 9.53 Å². The highest BCUT2D eigenvalue weighted by atomic mass is 32.2. The quantitative estimate of drug-likeness (QED) is 0.845. The van der Waals surface area contributed by atoms with Crippen LogP contribution in [-0.2, 0) is 4.74 Å². The third-order valence-corrected chi connectivity index (χ3v) is 2.62. The summed E-state index contributed by atoms with van der Waals surface area (Å²) in [6.07, 6.45) is 2.25. The molecule has 1 aromatic heterocycles. The zero-order valence-electron chi connectivity index (χ0n) is 11.1. The first kappa shape index (κ1) is 14.7. The van der Waals surface area contributed by atoms with Crippen molar-refractivity contribution in [1.82, 2.24) is 25.9 Å². The monoisotopic (exact) mass is 273 g/mol. The third kappa shape index (κ3) is 5.35. The minimum atomic E-state index is -0.522. The summed E-state index contributed by atoms with van der Waals surface area (Å²) in [5.41, 5.74) is -0.522. The van der Waals surface area contributed by atoms with E-state index >= 15 is 0 Å². The van der Waals surface area contributed by atoms with Gasteiger partial charge in [-0.05, 0) is 39.2 Å². The number of nitrogens with one attached hydrogen (secondary N) is 2. The zero-order chi connectivity index (χ0) is 13.6. The van der Waals surface area contributed by atoms with E-state index in [0.29, 0.717) is 5.82 Å². The van der Waals surface area contributed by atoms with Crippen LogP contribution < -0.4 is 5.32 Å². The molecular formula is C10H19N5O2S. The van der Waals surface area contributed by atoms with E-state index in [1.165, 1.54) is 0 Å². The molecule has 0 aliphatic heterocycles. The first-order valence-electron chi connectivity index (χ1n) is 5.64. The summed E-state index contributed by atoms with van der Waals surface area (Å²) in [7, 11) is 0. The van der Waals surface area contributed by atoms with Gasteiger partial charge in [-0.3, -0.25) is 0 Å². The number of hydrogen-bond donors (Lipinski definition) is 2. The maximum absolute atomic E-state index is 11.7. The summed E-state index contributed by atoms with van der Waals surface area (Å²) in [6, 6.07) is -0.286. The normalized spacial score (nSPS) is 13.1. The number of aromatic amines is 1. The van der Waals surface area contributed by atoms with E-state index in [1.54, 1.807) is 11.8 Å². The number of rotatable bonds is 5. The van der Waals surface area contributed by atoms with Crippen LogP contribution in [0.1, 0.15) is 39.1 Å². The number of nitrogens with zero attached hydrogens (tertiary/aromatic N) is 3. The molecule has 1 rings (SSSR count). The Morgan fingerprint density at radius 2 is 2.28 bits per heavy atom. The number of alkyl carbamates (subject to hydrolysis) is 1. The highest BCUT2D eigenvalue weighted by Gasteiger charge is 2.22. The Labute approximate surface area is 110 Å². The van der Waals surface area contributed by atoms with Crippen LogP contribution in [0.3, 0.4) is 0 Å². The molecule has 0 aliphatic carbocycles. The SMILES string of the molecule is CSCC[C@H](NC(=O)OC(C)(C)C)c1nn[nH]n1. The van der Waals surface area contributed by atoms with E-state index in [-0.39, 0.29) is 6.04 Å². The minimum Gasteiger partial charge on any atom is -0.444 e. The summed E-state index contributed by atoms with van der Waals surface area (Å²) in [4.78, 5) is 11.7. The maximum atomic E-state index is 11.7. The van der Waals surface area contributed by atoms with E-state index < -0.39 is 11.7 Å². The number of ether oxygens (including phenoxy) is 1. The molecule has 102 valence electrons. The van der Waals surface area contributed by atoms with Gasteiger partial charge in [0, 0.05) is 0 Å². The smallest absolute Gasteiger partial charge is 0.408 e. The average molecular weight is 273 g/mol. The summed E-state index contributed by atoms with van der Waals surface area (Å²) >= 11 is 1.69. The molecule has 0 saturated carbocycles. The number of carbonyl (C=O) groups excluding carboxylic acids is 1. The fraction of sp³-hybridized carbons (Fsp3) is 0.800. The number of amides is 1. The highest BCUT2D eigenvalue weighted by Crippen LogP contribution is 2.15. The second-order valence-corrected chi connectivity index (χ2v) is 5.74. The fourth-order valence-electron chi connectivity index (χ4n) is 1.27. The Balaban J connectivity index is 2.59. The van der Waals surface area contributed by atoms with Crippen LogP contribution in [-0.4, -0.2) is 44.3 Å². The fourth-order valence-corrected chi connectivity index (χ4v) is 1.74. The van der Waals surface area contributed by atoms with Gasteiger partial charge in [0.2, 0.25) is 0 Å². The standard InChI is InChI=1S/C10H19N5O2S/c1-10(2,3)17-9(16)11-7(5-6-18-4)8-12-14-15-13-8/h7H,5-6H2,1-4H3,(H,11,16)(H,12,13,14,15)/t7-/m0/s1. The van der Waals surface area contributed by atoms with Gasteiger partial charge in [-0.15, -0.1) is 10.2 Å². The van der Waals surface area contributed by atoms with Gasteiger partial charge in [-0.2, -0.15) is 17.0 Å². The largest absolute Gasteiger partial charge is 0.444 e. The third-order valence-electron chi connectivity index (χ3n) is 1.98. The number of aromatic nitrogens is 4. The van der Waals surface area contributed by atoms with Crippen LogP contribution >= 0.6 is 11.8 Å². The number of hydrogen-bond acceptors (Lipinski definition) is 6. The Bertz CT molecular complexity index is 363. The predicted molar refractivity (Wildman–Crippen MR) is 69.3 cm³/mol. The lowest BCUT2D eigenvalue weighted by molar-refractivity contribution is 0.0500. The van der Waals surface area contributed by atoms with Gasteiger partial charge < -0.3 is 10.1 Å². The van der Waals surface area contributed by atoms with Gasteiger partial charge in [0.15, 0.2) is 5.82 Å². The topological polar surface area (TPSA) is 92.8 Å². The Kier molecular flexibility index (Phi) is 5.39. The van der Waals surface area contributed by atoms with Crippen molar-refractivity contribution in [3.63, 3.8) is 0 Å². The number of tetrazole rings is 1. The van der Waals surface area contributed by atoms with Crippen LogP contribution in [0.2, 0.25) is 0 Å². The molecule has 0 aliphatic rings. The molecule has 8 heteroatoms. The van der Waals surface area contributed by atoms with Crippen LogP contribution in [0, 0.1) is 0 Å². The maximum Gasteiger partial charge on any atom is 0.408 e. The predicted octanol–water partition coefficient (Wildman–Crippen LogP) is 1.52. The van der Waals surface area contributed by atoms with Gasteiger partial charge in [-0.25, -0.2) is 4.79 Å². The van der Waals surface area contributed by atoms with E-state index in [2.05, 4.69) is 25.9 Å². The lowest BCUT2D eigenvalue weighted by Gasteiger charge is -2.22. The molecule has 1 atom stereocenters. The molecule has 0 spiro atoms. The van der Waals surface area contributed by atoms with Gasteiger partial charge in [0.1, 0.15) is 5.60 Å². The molecule has 1 aromatic rings. The number of thioether (sulfide) groups is 1. The molecule has 0 unspecified atom stereocenters. The Hall–Kier alpha value is -1.31. The van der Waals surface area contributed by atoms with E-state index in [9.17, 15) is 4.79 Å². The van der Waals surface area contributed by atoms with Gasteiger partial charge in [0.25, 0.3) is 0 Å². The van der Waals surface area contributed by atoms with Crippen molar-refractivity contribution in [1.29, 1.82) is 0 Å². The first-order valence-corrected chi connectivity index (χ1v) is 7.03. The van der Waals surface area contributed by atoms with Crippen molar-refractivity contribution in [2.24, 2.45) is 0 Å². The first-order chi connectivity index (χ1) is 8.42. The van der Waals surface area contributed by atoms with Gasteiger partial charge in [0.05, 0.1) is 6.04 Å². The Morgan fingerprint density at radius 1 is 1.56 bits per heavy atom.